The molecule has 4 heterocycles. The van der Waals surface area contributed by atoms with Crippen molar-refractivity contribution in [1.29, 1.82) is 0 Å². The fraction of sp³-hybridized carbons (Fsp3) is 0.0667. The van der Waals surface area contributed by atoms with Gasteiger partial charge in [0.25, 0.3) is 0 Å². The minimum atomic E-state index is -0.708. The molecule has 0 N–H and O–H groups in total. The molecule has 2 aliphatic carbocycles. The van der Waals surface area contributed by atoms with Crippen molar-refractivity contribution in [3.05, 3.63) is 240 Å². The molecule has 3 aromatic heterocycles. The van der Waals surface area contributed by atoms with Gasteiger partial charge in [0, 0.05) is 56.1 Å². The fourth-order valence-electron chi connectivity index (χ4n) is 10.9. The fourth-order valence-corrected chi connectivity index (χ4v) is 12.1. The summed E-state index contributed by atoms with van der Waals surface area (Å²) in [7, 11) is 0. The molecule has 306 valence electrons. The van der Waals surface area contributed by atoms with E-state index < -0.39 is 5.41 Å². The third-order valence-electron chi connectivity index (χ3n) is 13.9. The van der Waals surface area contributed by atoms with Crippen LogP contribution in [0.3, 0.4) is 0 Å². The lowest BCUT2D eigenvalue weighted by Crippen LogP contribution is -2.35. The van der Waals surface area contributed by atoms with Crippen molar-refractivity contribution in [3.8, 4) is 78.5 Å². The summed E-state index contributed by atoms with van der Waals surface area (Å²) in [6, 6.07) is 68.8. The summed E-state index contributed by atoms with van der Waals surface area (Å²) < 4.78 is 0. The first kappa shape index (κ1) is 37.8. The van der Waals surface area contributed by atoms with Gasteiger partial charge in [0.2, 0.25) is 0 Å². The standard InChI is InChI=1S/C60H40N4S/c1-59(2)47-22-10-8-21-44(47)46-32-52-57(33-50(46)59)65-56-25-13-12-24-49(56)60(52)48-23-11-9-20-43(48)41-18-6-7-19-42(41)45-28-26-38(31-51(45)60)58-63-54(37-15-4-3-5-16-37)34-55(64-58)40-27-29-53(62-36-40)39-17-14-30-61-35-39/h3-36H,1-2H3. The molecule has 0 saturated carbocycles. The van der Waals surface area contributed by atoms with Crippen molar-refractivity contribution in [2.24, 2.45) is 0 Å². The molecule has 1 spiro atoms. The molecular formula is C60H40N4S. The first-order valence-electron chi connectivity index (χ1n) is 22.2. The predicted octanol–water partition coefficient (Wildman–Crippen LogP) is 14.7. The summed E-state index contributed by atoms with van der Waals surface area (Å²) in [5, 5.41) is 0. The second-order valence-electron chi connectivity index (χ2n) is 17.8. The Kier molecular flexibility index (Phi) is 8.37. The lowest BCUT2D eigenvalue weighted by atomic mass is 9.62. The second-order valence-corrected chi connectivity index (χ2v) is 18.8. The number of benzene rings is 7. The molecule has 0 saturated heterocycles. The van der Waals surface area contributed by atoms with E-state index in [-0.39, 0.29) is 5.41 Å². The smallest absolute Gasteiger partial charge is 0.160 e. The van der Waals surface area contributed by atoms with Crippen molar-refractivity contribution in [3.63, 3.8) is 0 Å². The van der Waals surface area contributed by atoms with E-state index in [1.165, 1.54) is 76.6 Å². The molecular weight excluding hydrogens is 809 g/mol. The molecule has 7 aromatic carbocycles. The lowest BCUT2D eigenvalue weighted by molar-refractivity contribution is 0.653. The summed E-state index contributed by atoms with van der Waals surface area (Å²) in [5.74, 6) is 0.657. The summed E-state index contributed by atoms with van der Waals surface area (Å²) >= 11 is 1.90. The largest absolute Gasteiger partial charge is 0.264 e. The molecule has 3 aliphatic rings. The minimum absolute atomic E-state index is 0.137. The van der Waals surface area contributed by atoms with Crippen LogP contribution < -0.4 is 0 Å². The van der Waals surface area contributed by atoms with E-state index >= 15 is 0 Å². The first-order chi connectivity index (χ1) is 32.0. The van der Waals surface area contributed by atoms with Gasteiger partial charge in [-0.05, 0) is 121 Å². The molecule has 0 amide bonds. The van der Waals surface area contributed by atoms with Crippen LogP contribution in [0.25, 0.3) is 78.5 Å². The topological polar surface area (TPSA) is 51.6 Å². The van der Waals surface area contributed by atoms with E-state index in [9.17, 15) is 0 Å². The van der Waals surface area contributed by atoms with Crippen LogP contribution in [0.4, 0.5) is 0 Å². The molecule has 0 radical (unpaired) electrons. The second kappa shape index (κ2) is 14.4. The molecule has 1 unspecified atom stereocenters. The molecule has 4 nitrogen and oxygen atoms in total. The lowest BCUT2D eigenvalue weighted by Gasteiger charge is -2.43. The number of pyridine rings is 2. The quantitative estimate of drug-likeness (QED) is 0.177. The van der Waals surface area contributed by atoms with Crippen molar-refractivity contribution in [2.45, 2.75) is 34.5 Å². The number of aromatic nitrogens is 4. The zero-order valence-corrected chi connectivity index (χ0v) is 36.6. The molecule has 10 aromatic rings. The predicted molar refractivity (Wildman–Crippen MR) is 264 cm³/mol. The highest BCUT2D eigenvalue weighted by atomic mass is 32.2. The van der Waals surface area contributed by atoms with Crippen LogP contribution in [0, 0.1) is 0 Å². The maximum Gasteiger partial charge on any atom is 0.160 e. The molecule has 1 aliphatic heterocycles. The van der Waals surface area contributed by atoms with Gasteiger partial charge in [-0.2, -0.15) is 0 Å². The maximum atomic E-state index is 5.41. The van der Waals surface area contributed by atoms with E-state index in [1.54, 1.807) is 6.20 Å². The van der Waals surface area contributed by atoms with Gasteiger partial charge in [-0.15, -0.1) is 0 Å². The SMILES string of the molecule is CC1(C)c2ccccc2-c2cc3c(cc21)Sc1ccccc1C31c2ccccc2-c2ccccc2-c2ccc(-c3nc(-c4ccccc4)cc(-c4ccc(-c5cccnc5)nc4)n3)cc21. The highest BCUT2D eigenvalue weighted by Crippen LogP contribution is 2.63. The van der Waals surface area contributed by atoms with Crippen LogP contribution in [-0.2, 0) is 10.8 Å². The highest BCUT2D eigenvalue weighted by Gasteiger charge is 2.50. The van der Waals surface area contributed by atoms with E-state index in [0.717, 1.165) is 39.3 Å². The van der Waals surface area contributed by atoms with Crippen LogP contribution in [0.15, 0.2) is 216 Å². The summed E-state index contributed by atoms with van der Waals surface area (Å²) in [5.41, 5.74) is 20.8. The summed E-state index contributed by atoms with van der Waals surface area (Å²) in [6.45, 7) is 4.76. The normalized spacial score (nSPS) is 15.7. The molecule has 0 bridgehead atoms. The van der Waals surface area contributed by atoms with E-state index in [1.807, 2.05) is 48.4 Å². The minimum Gasteiger partial charge on any atom is -0.264 e. The Balaban J connectivity index is 1.11. The van der Waals surface area contributed by atoms with Gasteiger partial charge >= 0.3 is 0 Å². The zero-order valence-electron chi connectivity index (χ0n) is 35.8. The molecule has 1 atom stereocenters. The Morgan fingerprint density at radius 3 is 1.72 bits per heavy atom. The van der Waals surface area contributed by atoms with Crippen LogP contribution >= 0.6 is 11.8 Å². The van der Waals surface area contributed by atoms with Gasteiger partial charge in [0.1, 0.15) is 0 Å². The molecule has 5 heteroatoms. The van der Waals surface area contributed by atoms with Crippen LogP contribution in [0.5, 0.6) is 0 Å². The third-order valence-corrected chi connectivity index (χ3v) is 15.1. The summed E-state index contributed by atoms with van der Waals surface area (Å²) in [6.07, 6.45) is 5.53. The average molecular weight is 849 g/mol. The van der Waals surface area contributed by atoms with Gasteiger partial charge in [-0.25, -0.2) is 9.97 Å². The average Bonchev–Trinajstić information content (AvgIpc) is 3.53. The monoisotopic (exact) mass is 848 g/mol. The number of hydrogen-bond donors (Lipinski definition) is 0. The van der Waals surface area contributed by atoms with Crippen molar-refractivity contribution < 1.29 is 0 Å². The Morgan fingerprint density at radius 2 is 0.985 bits per heavy atom. The van der Waals surface area contributed by atoms with Gasteiger partial charge in [0.05, 0.1) is 22.5 Å². The van der Waals surface area contributed by atoms with Gasteiger partial charge in [0.15, 0.2) is 5.82 Å². The maximum absolute atomic E-state index is 5.41. The molecule has 13 rings (SSSR count). The Labute approximate surface area is 382 Å². The number of hydrogen-bond acceptors (Lipinski definition) is 5. The van der Waals surface area contributed by atoms with Crippen LogP contribution in [0.2, 0.25) is 0 Å². The number of fused-ring (bicyclic) bond motifs is 14. The Morgan fingerprint density at radius 1 is 0.369 bits per heavy atom. The molecule has 0 fully saturated rings. The van der Waals surface area contributed by atoms with Crippen molar-refractivity contribution in [1.82, 2.24) is 19.9 Å². The van der Waals surface area contributed by atoms with Gasteiger partial charge < -0.3 is 0 Å². The summed E-state index contributed by atoms with van der Waals surface area (Å²) in [4.78, 5) is 22.5. The van der Waals surface area contributed by atoms with Crippen LogP contribution in [-0.4, -0.2) is 19.9 Å². The number of rotatable bonds is 4. The van der Waals surface area contributed by atoms with E-state index in [2.05, 4.69) is 183 Å². The Bertz CT molecular complexity index is 3540. The molecule has 65 heavy (non-hydrogen) atoms. The van der Waals surface area contributed by atoms with Crippen molar-refractivity contribution >= 4 is 11.8 Å². The Hall–Kier alpha value is -7.73. The number of nitrogens with zero attached hydrogens (tertiary/aromatic N) is 4. The van der Waals surface area contributed by atoms with Gasteiger partial charge in [-0.3, -0.25) is 9.97 Å². The van der Waals surface area contributed by atoms with Crippen molar-refractivity contribution in [2.75, 3.05) is 0 Å². The van der Waals surface area contributed by atoms with Crippen LogP contribution in [0.1, 0.15) is 47.2 Å². The first-order valence-corrected chi connectivity index (χ1v) is 23.0. The third kappa shape index (κ3) is 5.65. The van der Waals surface area contributed by atoms with Gasteiger partial charge in [-0.1, -0.05) is 159 Å². The highest BCUT2D eigenvalue weighted by molar-refractivity contribution is 7.99. The van der Waals surface area contributed by atoms with E-state index in [0.29, 0.717) is 5.82 Å². The van der Waals surface area contributed by atoms with E-state index in [4.69, 9.17) is 15.0 Å². The zero-order chi connectivity index (χ0) is 43.3.